The van der Waals surface area contributed by atoms with Gasteiger partial charge in [0.15, 0.2) is 0 Å². The number of nitrogens with zero attached hydrogens (tertiary/aromatic N) is 1. The standard InChI is InChI=1S/C19H32N2O2/c1-6-11-23-17-12-13(2)18(15(4)14(17)3)19(22)16(5)21-9-7-20-8-10-21/h12,16,19-20,22H,6-11H2,1-5H3. The lowest BCUT2D eigenvalue weighted by Crippen LogP contribution is -2.49. The molecule has 0 saturated carbocycles. The Morgan fingerprint density at radius 1 is 1.22 bits per heavy atom. The number of aliphatic hydroxyl groups is 1. The van der Waals surface area contributed by atoms with Gasteiger partial charge in [-0.1, -0.05) is 6.92 Å². The number of ether oxygens (including phenoxy) is 1. The summed E-state index contributed by atoms with van der Waals surface area (Å²) in [6, 6.07) is 2.21. The second-order valence-electron chi connectivity index (χ2n) is 6.68. The van der Waals surface area contributed by atoms with E-state index in [4.69, 9.17) is 4.74 Å². The van der Waals surface area contributed by atoms with Crippen LogP contribution in [-0.2, 0) is 0 Å². The fourth-order valence-electron chi connectivity index (χ4n) is 3.41. The lowest BCUT2D eigenvalue weighted by molar-refractivity contribution is 0.0501. The maximum absolute atomic E-state index is 11.0. The van der Waals surface area contributed by atoms with Gasteiger partial charge in [0.2, 0.25) is 0 Å². The van der Waals surface area contributed by atoms with Gasteiger partial charge < -0.3 is 15.2 Å². The van der Waals surface area contributed by atoms with Gasteiger partial charge in [-0.25, -0.2) is 0 Å². The lowest BCUT2D eigenvalue weighted by atomic mass is 9.90. The summed E-state index contributed by atoms with van der Waals surface area (Å²) in [4.78, 5) is 2.37. The number of nitrogens with one attached hydrogen (secondary N) is 1. The highest BCUT2D eigenvalue weighted by atomic mass is 16.5. The minimum absolute atomic E-state index is 0.122. The molecule has 0 bridgehead atoms. The summed E-state index contributed by atoms with van der Waals surface area (Å²) in [7, 11) is 0. The van der Waals surface area contributed by atoms with Crippen LogP contribution in [0.15, 0.2) is 6.07 Å². The molecular formula is C19H32N2O2. The second kappa shape index (κ2) is 8.13. The number of aliphatic hydroxyl groups excluding tert-OH is 1. The monoisotopic (exact) mass is 320 g/mol. The Bertz CT molecular complexity index is 525. The van der Waals surface area contributed by atoms with Crippen molar-refractivity contribution in [2.24, 2.45) is 0 Å². The SMILES string of the molecule is CCCOc1cc(C)c(C(O)C(C)N2CCNCC2)c(C)c1C. The Morgan fingerprint density at radius 3 is 2.48 bits per heavy atom. The summed E-state index contributed by atoms with van der Waals surface area (Å²) in [6.07, 6.45) is 0.536. The van der Waals surface area contributed by atoms with E-state index in [1.54, 1.807) is 0 Å². The molecule has 0 amide bonds. The minimum Gasteiger partial charge on any atom is -0.493 e. The van der Waals surface area contributed by atoms with Crippen molar-refractivity contribution in [3.8, 4) is 5.75 Å². The molecule has 0 radical (unpaired) electrons. The van der Waals surface area contributed by atoms with Crippen LogP contribution >= 0.6 is 0 Å². The van der Waals surface area contributed by atoms with Gasteiger partial charge in [-0.15, -0.1) is 0 Å². The first-order valence-electron chi connectivity index (χ1n) is 8.83. The van der Waals surface area contributed by atoms with E-state index in [2.05, 4.69) is 50.9 Å². The molecule has 0 aromatic heterocycles. The number of benzene rings is 1. The normalized spacial score (nSPS) is 18.7. The highest BCUT2D eigenvalue weighted by Crippen LogP contribution is 2.34. The van der Waals surface area contributed by atoms with Crippen molar-refractivity contribution < 1.29 is 9.84 Å². The van der Waals surface area contributed by atoms with Gasteiger partial charge in [0.1, 0.15) is 5.75 Å². The van der Waals surface area contributed by atoms with E-state index >= 15 is 0 Å². The number of hydrogen-bond acceptors (Lipinski definition) is 4. The molecule has 2 N–H and O–H groups in total. The fraction of sp³-hybridized carbons (Fsp3) is 0.684. The summed E-state index contributed by atoms with van der Waals surface area (Å²) < 4.78 is 5.86. The molecule has 1 heterocycles. The van der Waals surface area contributed by atoms with Crippen molar-refractivity contribution in [1.82, 2.24) is 10.2 Å². The molecule has 2 rings (SSSR count). The summed E-state index contributed by atoms with van der Waals surface area (Å²) >= 11 is 0. The largest absolute Gasteiger partial charge is 0.493 e. The molecule has 4 nitrogen and oxygen atoms in total. The molecule has 0 spiro atoms. The Morgan fingerprint density at radius 2 is 1.87 bits per heavy atom. The maximum Gasteiger partial charge on any atom is 0.122 e. The van der Waals surface area contributed by atoms with Gasteiger partial charge in [0, 0.05) is 32.2 Å². The zero-order valence-electron chi connectivity index (χ0n) is 15.3. The van der Waals surface area contributed by atoms with Crippen LogP contribution in [0.4, 0.5) is 0 Å². The van der Waals surface area contributed by atoms with Crippen LogP contribution in [0.25, 0.3) is 0 Å². The fourth-order valence-corrected chi connectivity index (χ4v) is 3.41. The minimum atomic E-state index is -0.466. The first-order chi connectivity index (χ1) is 11.0. The summed E-state index contributed by atoms with van der Waals surface area (Å²) in [6.45, 7) is 15.2. The lowest BCUT2D eigenvalue weighted by Gasteiger charge is -2.36. The molecule has 1 aliphatic rings. The predicted octanol–water partition coefficient (Wildman–Crippen LogP) is 2.73. The third kappa shape index (κ3) is 4.06. The Balaban J connectivity index is 2.25. The van der Waals surface area contributed by atoms with Gasteiger partial charge in [-0.2, -0.15) is 0 Å². The van der Waals surface area contributed by atoms with Gasteiger partial charge in [-0.05, 0) is 62.4 Å². The van der Waals surface area contributed by atoms with Crippen molar-refractivity contribution in [3.05, 3.63) is 28.3 Å². The van der Waals surface area contributed by atoms with E-state index in [1.165, 1.54) is 0 Å². The van der Waals surface area contributed by atoms with E-state index in [0.717, 1.165) is 67.2 Å². The summed E-state index contributed by atoms with van der Waals surface area (Å²) in [5, 5.41) is 14.4. The number of rotatable bonds is 6. The number of piperazine rings is 1. The number of aryl methyl sites for hydroxylation is 1. The third-order valence-electron chi connectivity index (χ3n) is 5.05. The molecule has 1 aliphatic heterocycles. The predicted molar refractivity (Wildman–Crippen MR) is 95.3 cm³/mol. The topological polar surface area (TPSA) is 44.7 Å². The smallest absolute Gasteiger partial charge is 0.122 e. The molecule has 4 heteroatoms. The van der Waals surface area contributed by atoms with Crippen molar-refractivity contribution in [2.75, 3.05) is 32.8 Å². The second-order valence-corrected chi connectivity index (χ2v) is 6.68. The molecule has 130 valence electrons. The molecule has 0 aliphatic carbocycles. The molecule has 1 fully saturated rings. The average Bonchev–Trinajstić information content (AvgIpc) is 2.57. The Hall–Kier alpha value is -1.10. The molecular weight excluding hydrogens is 288 g/mol. The first kappa shape index (κ1) is 18.2. The third-order valence-corrected chi connectivity index (χ3v) is 5.05. The van der Waals surface area contributed by atoms with Crippen LogP contribution in [0, 0.1) is 20.8 Å². The van der Waals surface area contributed by atoms with E-state index < -0.39 is 6.10 Å². The molecule has 1 aromatic rings. The van der Waals surface area contributed by atoms with Crippen molar-refractivity contribution >= 4 is 0 Å². The molecule has 1 saturated heterocycles. The molecule has 2 unspecified atom stereocenters. The zero-order valence-corrected chi connectivity index (χ0v) is 15.3. The first-order valence-corrected chi connectivity index (χ1v) is 8.83. The van der Waals surface area contributed by atoms with Crippen LogP contribution in [0.3, 0.4) is 0 Å². The summed E-state index contributed by atoms with van der Waals surface area (Å²) in [5.74, 6) is 0.952. The van der Waals surface area contributed by atoms with Gasteiger partial charge >= 0.3 is 0 Å². The van der Waals surface area contributed by atoms with E-state index in [-0.39, 0.29) is 6.04 Å². The molecule has 23 heavy (non-hydrogen) atoms. The van der Waals surface area contributed by atoms with Crippen LogP contribution < -0.4 is 10.1 Å². The van der Waals surface area contributed by atoms with Crippen LogP contribution in [-0.4, -0.2) is 48.8 Å². The highest BCUT2D eigenvalue weighted by Gasteiger charge is 2.27. The van der Waals surface area contributed by atoms with Crippen molar-refractivity contribution in [1.29, 1.82) is 0 Å². The Kier molecular flexibility index (Phi) is 6.45. The van der Waals surface area contributed by atoms with E-state index in [0.29, 0.717) is 0 Å². The van der Waals surface area contributed by atoms with Crippen molar-refractivity contribution in [3.63, 3.8) is 0 Å². The van der Waals surface area contributed by atoms with Crippen LogP contribution in [0.1, 0.15) is 48.6 Å². The van der Waals surface area contributed by atoms with E-state index in [1.807, 2.05) is 0 Å². The Labute approximate surface area is 140 Å². The molecule has 1 aromatic carbocycles. The highest BCUT2D eigenvalue weighted by molar-refractivity contribution is 5.49. The van der Waals surface area contributed by atoms with Gasteiger partial charge in [0.25, 0.3) is 0 Å². The van der Waals surface area contributed by atoms with Crippen LogP contribution in [0.5, 0.6) is 5.75 Å². The summed E-state index contributed by atoms with van der Waals surface area (Å²) in [5.41, 5.74) is 4.49. The number of hydrogen-bond donors (Lipinski definition) is 2. The maximum atomic E-state index is 11.0. The van der Waals surface area contributed by atoms with E-state index in [9.17, 15) is 5.11 Å². The van der Waals surface area contributed by atoms with Crippen molar-refractivity contribution in [2.45, 2.75) is 53.2 Å². The van der Waals surface area contributed by atoms with Gasteiger partial charge in [-0.3, -0.25) is 4.90 Å². The zero-order chi connectivity index (χ0) is 17.0. The quantitative estimate of drug-likeness (QED) is 0.846. The van der Waals surface area contributed by atoms with Gasteiger partial charge in [0.05, 0.1) is 12.7 Å². The molecule has 2 atom stereocenters. The van der Waals surface area contributed by atoms with Crippen LogP contribution in [0.2, 0.25) is 0 Å². The average molecular weight is 320 g/mol.